The number of hydrogen-bond donors (Lipinski definition) is 1. The number of benzene rings is 2. The lowest BCUT2D eigenvalue weighted by molar-refractivity contribution is 0.100. The zero-order valence-corrected chi connectivity index (χ0v) is 14.9. The van der Waals surface area contributed by atoms with Gasteiger partial charge in [0.15, 0.2) is 0 Å². The first-order valence-corrected chi connectivity index (χ1v) is 8.37. The van der Waals surface area contributed by atoms with Crippen LogP contribution in [0.5, 0.6) is 0 Å². The van der Waals surface area contributed by atoms with E-state index in [-0.39, 0.29) is 5.41 Å². The largest absolute Gasteiger partial charge is 0.365 e. The molecule has 4 nitrogen and oxygen atoms in total. The van der Waals surface area contributed by atoms with Crippen molar-refractivity contribution >= 4 is 5.91 Å². The summed E-state index contributed by atoms with van der Waals surface area (Å²) in [6.45, 7) is 7.18. The molecule has 0 aliphatic heterocycles. The molecule has 1 heterocycles. The van der Waals surface area contributed by atoms with Crippen LogP contribution >= 0.6 is 0 Å². The van der Waals surface area contributed by atoms with Crippen LogP contribution in [0.2, 0.25) is 0 Å². The van der Waals surface area contributed by atoms with E-state index in [1.54, 1.807) is 10.9 Å². The van der Waals surface area contributed by atoms with E-state index in [4.69, 9.17) is 5.73 Å². The maximum absolute atomic E-state index is 11.8. The Balaban J connectivity index is 1.90. The molecule has 3 rings (SSSR count). The van der Waals surface area contributed by atoms with Gasteiger partial charge in [-0.2, -0.15) is 5.10 Å². The Hall–Kier alpha value is -2.88. The van der Waals surface area contributed by atoms with Crippen molar-refractivity contribution in [3.63, 3.8) is 0 Å². The average molecular weight is 333 g/mol. The fourth-order valence-electron chi connectivity index (χ4n) is 2.79. The van der Waals surface area contributed by atoms with Gasteiger partial charge < -0.3 is 5.73 Å². The summed E-state index contributed by atoms with van der Waals surface area (Å²) < 4.78 is 1.77. The average Bonchev–Trinajstić information content (AvgIpc) is 2.99. The smallest absolute Gasteiger partial charge is 0.252 e. The number of nitrogens with two attached hydrogens (primary N) is 1. The molecule has 0 aliphatic carbocycles. The molecule has 0 bridgehead atoms. The van der Waals surface area contributed by atoms with Gasteiger partial charge in [0, 0.05) is 11.8 Å². The van der Waals surface area contributed by atoms with Crippen molar-refractivity contribution in [3.8, 4) is 11.3 Å². The molecule has 0 radical (unpaired) electrons. The Labute approximate surface area is 148 Å². The van der Waals surface area contributed by atoms with E-state index in [2.05, 4.69) is 50.1 Å². The molecular formula is C21H23N3O. The maximum Gasteiger partial charge on any atom is 0.252 e. The number of amides is 1. The normalized spacial score (nSPS) is 11.5. The summed E-state index contributed by atoms with van der Waals surface area (Å²) >= 11 is 0. The number of rotatable bonds is 4. The second-order valence-electron chi connectivity index (χ2n) is 7.27. The van der Waals surface area contributed by atoms with Gasteiger partial charge in [-0.25, -0.2) is 0 Å². The van der Waals surface area contributed by atoms with Crippen molar-refractivity contribution in [2.45, 2.75) is 32.7 Å². The Kier molecular flexibility index (Phi) is 4.45. The van der Waals surface area contributed by atoms with Crippen LogP contribution < -0.4 is 5.73 Å². The van der Waals surface area contributed by atoms with E-state index >= 15 is 0 Å². The van der Waals surface area contributed by atoms with E-state index in [0.29, 0.717) is 17.8 Å². The summed E-state index contributed by atoms with van der Waals surface area (Å²) in [7, 11) is 0. The molecule has 1 amide bonds. The van der Waals surface area contributed by atoms with Crippen molar-refractivity contribution in [1.29, 1.82) is 0 Å². The van der Waals surface area contributed by atoms with Crippen molar-refractivity contribution < 1.29 is 4.79 Å². The Morgan fingerprint density at radius 1 is 1.04 bits per heavy atom. The van der Waals surface area contributed by atoms with E-state index in [0.717, 1.165) is 11.1 Å². The van der Waals surface area contributed by atoms with E-state index < -0.39 is 5.91 Å². The highest BCUT2D eigenvalue weighted by molar-refractivity contribution is 5.98. The number of nitrogens with zero attached hydrogens (tertiary/aromatic N) is 2. The van der Waals surface area contributed by atoms with Crippen LogP contribution in [0.25, 0.3) is 11.3 Å². The predicted molar refractivity (Wildman–Crippen MR) is 100 cm³/mol. The standard InChI is InChI=1S/C21H23N3O/c1-21(2,3)17-11-9-15(10-12-17)13-24-14-18(20(22)25)19(23-24)16-7-5-4-6-8-16/h4-12,14H,13H2,1-3H3,(H2,22,25). The van der Waals surface area contributed by atoms with E-state index in [1.165, 1.54) is 5.56 Å². The molecule has 2 aromatic carbocycles. The minimum Gasteiger partial charge on any atom is -0.365 e. The number of hydrogen-bond acceptors (Lipinski definition) is 2. The third-order valence-corrected chi connectivity index (χ3v) is 4.24. The van der Waals surface area contributed by atoms with E-state index in [1.807, 2.05) is 30.3 Å². The van der Waals surface area contributed by atoms with Gasteiger partial charge in [-0.05, 0) is 16.5 Å². The van der Waals surface area contributed by atoms with Crippen LogP contribution in [0.1, 0.15) is 42.3 Å². The highest BCUT2D eigenvalue weighted by atomic mass is 16.1. The zero-order valence-electron chi connectivity index (χ0n) is 14.9. The fraction of sp³-hybridized carbons (Fsp3) is 0.238. The summed E-state index contributed by atoms with van der Waals surface area (Å²) in [4.78, 5) is 11.8. The van der Waals surface area contributed by atoms with Crippen LogP contribution in [-0.4, -0.2) is 15.7 Å². The molecule has 0 saturated carbocycles. The Bertz CT molecular complexity index is 872. The summed E-state index contributed by atoms with van der Waals surface area (Å²) in [5.74, 6) is -0.465. The number of primary amides is 1. The molecule has 4 heteroatoms. The molecule has 0 fully saturated rings. The maximum atomic E-state index is 11.8. The van der Waals surface area contributed by atoms with Crippen LogP contribution in [0.15, 0.2) is 60.8 Å². The number of carbonyl (C=O) groups excluding carboxylic acids is 1. The Morgan fingerprint density at radius 3 is 2.24 bits per heavy atom. The van der Waals surface area contributed by atoms with Crippen LogP contribution in [0.4, 0.5) is 0 Å². The minimum absolute atomic E-state index is 0.129. The van der Waals surface area contributed by atoms with Gasteiger partial charge in [0.25, 0.3) is 5.91 Å². The number of carbonyl (C=O) groups is 1. The molecule has 128 valence electrons. The second-order valence-corrected chi connectivity index (χ2v) is 7.27. The molecule has 1 aromatic heterocycles. The fourth-order valence-corrected chi connectivity index (χ4v) is 2.79. The molecular weight excluding hydrogens is 310 g/mol. The monoisotopic (exact) mass is 333 g/mol. The third kappa shape index (κ3) is 3.79. The molecule has 3 aromatic rings. The SMILES string of the molecule is CC(C)(C)c1ccc(Cn2cc(C(N)=O)c(-c3ccccc3)n2)cc1. The third-order valence-electron chi connectivity index (χ3n) is 4.24. The number of aromatic nitrogens is 2. The van der Waals surface area contributed by atoms with Gasteiger partial charge >= 0.3 is 0 Å². The zero-order chi connectivity index (χ0) is 18.0. The topological polar surface area (TPSA) is 60.9 Å². The summed E-state index contributed by atoms with van der Waals surface area (Å²) in [6.07, 6.45) is 1.72. The first kappa shape index (κ1) is 17.0. The molecule has 25 heavy (non-hydrogen) atoms. The van der Waals surface area contributed by atoms with Crippen LogP contribution in [0, 0.1) is 0 Å². The van der Waals surface area contributed by atoms with Crippen molar-refractivity contribution in [1.82, 2.24) is 9.78 Å². The quantitative estimate of drug-likeness (QED) is 0.784. The van der Waals surface area contributed by atoms with Gasteiger partial charge in [0.05, 0.1) is 12.1 Å². The second kappa shape index (κ2) is 6.55. The summed E-state index contributed by atoms with van der Waals surface area (Å²) in [5.41, 5.74) is 10.0. The molecule has 2 N–H and O–H groups in total. The van der Waals surface area contributed by atoms with Crippen molar-refractivity contribution in [2.75, 3.05) is 0 Å². The van der Waals surface area contributed by atoms with Crippen LogP contribution in [0.3, 0.4) is 0 Å². The van der Waals surface area contributed by atoms with Crippen molar-refractivity contribution in [3.05, 3.63) is 77.5 Å². The van der Waals surface area contributed by atoms with Gasteiger partial charge in [-0.1, -0.05) is 75.4 Å². The summed E-state index contributed by atoms with van der Waals surface area (Å²) in [5, 5.41) is 4.58. The Morgan fingerprint density at radius 2 is 1.68 bits per heavy atom. The first-order chi connectivity index (χ1) is 11.8. The molecule has 0 spiro atoms. The lowest BCUT2D eigenvalue weighted by Gasteiger charge is -2.19. The van der Waals surface area contributed by atoms with Gasteiger partial charge in [-0.15, -0.1) is 0 Å². The molecule has 0 saturated heterocycles. The highest BCUT2D eigenvalue weighted by Gasteiger charge is 2.16. The minimum atomic E-state index is -0.465. The molecule has 0 unspecified atom stereocenters. The molecule has 0 aliphatic rings. The highest BCUT2D eigenvalue weighted by Crippen LogP contribution is 2.24. The van der Waals surface area contributed by atoms with Gasteiger partial charge in [-0.3, -0.25) is 9.48 Å². The first-order valence-electron chi connectivity index (χ1n) is 8.37. The predicted octanol–water partition coefficient (Wildman–Crippen LogP) is 3.99. The van der Waals surface area contributed by atoms with Crippen LogP contribution in [-0.2, 0) is 12.0 Å². The van der Waals surface area contributed by atoms with Crippen molar-refractivity contribution in [2.24, 2.45) is 5.73 Å². The van der Waals surface area contributed by atoms with Gasteiger partial charge in [0.1, 0.15) is 5.69 Å². The molecule has 0 atom stereocenters. The lowest BCUT2D eigenvalue weighted by atomic mass is 9.87. The lowest BCUT2D eigenvalue weighted by Crippen LogP contribution is -2.11. The van der Waals surface area contributed by atoms with E-state index in [9.17, 15) is 4.79 Å². The van der Waals surface area contributed by atoms with Gasteiger partial charge in [0.2, 0.25) is 0 Å². The summed E-state index contributed by atoms with van der Waals surface area (Å²) in [6, 6.07) is 18.1.